The summed E-state index contributed by atoms with van der Waals surface area (Å²) in [6, 6.07) is 6.10. The minimum absolute atomic E-state index is 0.0270. The molecule has 3 heterocycles. The molecule has 5 rings (SSSR count). The van der Waals surface area contributed by atoms with E-state index in [-0.39, 0.29) is 17.5 Å². The Hall–Kier alpha value is -2.36. The first-order chi connectivity index (χ1) is 14.9. The van der Waals surface area contributed by atoms with Crippen LogP contribution in [0.5, 0.6) is 5.75 Å². The van der Waals surface area contributed by atoms with E-state index in [1.54, 1.807) is 0 Å². The highest BCUT2D eigenvalue weighted by molar-refractivity contribution is 14.1. The van der Waals surface area contributed by atoms with E-state index >= 15 is 0 Å². The first-order valence-corrected chi connectivity index (χ1v) is 12.1. The lowest BCUT2D eigenvalue weighted by Gasteiger charge is -2.35. The summed E-state index contributed by atoms with van der Waals surface area (Å²) in [5.41, 5.74) is 3.42. The van der Waals surface area contributed by atoms with E-state index in [0.717, 1.165) is 30.6 Å². The number of aromatic nitrogens is 2. The SMILES string of the molecule is Cc1oc2ncnc(NC3(C)CC3)c2c1C(=O)N1CCc2ccc(OCI)cc2C1C. The molecule has 1 amide bonds. The van der Waals surface area contributed by atoms with Crippen molar-refractivity contribution < 1.29 is 13.9 Å². The van der Waals surface area contributed by atoms with Crippen LogP contribution in [0, 0.1) is 6.92 Å². The van der Waals surface area contributed by atoms with Crippen molar-refractivity contribution in [2.24, 2.45) is 0 Å². The number of nitrogens with one attached hydrogen (secondary N) is 1. The molecule has 0 saturated heterocycles. The van der Waals surface area contributed by atoms with Gasteiger partial charge in [-0.05, 0) is 85.9 Å². The number of halogens is 1. The Morgan fingerprint density at radius 2 is 2.19 bits per heavy atom. The fourth-order valence-electron chi connectivity index (χ4n) is 4.36. The summed E-state index contributed by atoms with van der Waals surface area (Å²) in [5.74, 6) is 2.03. The van der Waals surface area contributed by atoms with Crippen LogP contribution < -0.4 is 10.1 Å². The summed E-state index contributed by atoms with van der Waals surface area (Å²) in [4.78, 5) is 24.5. The molecule has 1 atom stereocenters. The van der Waals surface area contributed by atoms with Crippen molar-refractivity contribution in [1.29, 1.82) is 0 Å². The summed E-state index contributed by atoms with van der Waals surface area (Å²) < 4.78 is 12.1. The number of carbonyl (C=O) groups is 1. The second-order valence-electron chi connectivity index (χ2n) is 8.66. The predicted octanol–water partition coefficient (Wildman–Crippen LogP) is 5.03. The first kappa shape index (κ1) is 20.5. The normalized spacial score (nSPS) is 19.2. The van der Waals surface area contributed by atoms with Gasteiger partial charge in [-0.2, -0.15) is 0 Å². The highest BCUT2D eigenvalue weighted by Gasteiger charge is 2.39. The number of carbonyl (C=O) groups excluding carboxylic acids is 1. The third-order valence-corrected chi connectivity index (χ3v) is 6.75. The van der Waals surface area contributed by atoms with Crippen LogP contribution in [-0.2, 0) is 6.42 Å². The molecule has 3 aromatic rings. The Kier molecular flexibility index (Phi) is 5.07. The Morgan fingerprint density at radius 3 is 2.94 bits per heavy atom. The molecule has 0 bridgehead atoms. The van der Waals surface area contributed by atoms with Crippen LogP contribution >= 0.6 is 22.6 Å². The molecular weight excluding hydrogens is 507 g/mol. The second-order valence-corrected chi connectivity index (χ2v) is 9.28. The summed E-state index contributed by atoms with van der Waals surface area (Å²) >= 11 is 2.19. The van der Waals surface area contributed by atoms with Gasteiger partial charge >= 0.3 is 0 Å². The van der Waals surface area contributed by atoms with Crippen molar-refractivity contribution in [2.75, 3.05) is 16.5 Å². The number of hydrogen-bond acceptors (Lipinski definition) is 6. The molecular formula is C23H25IN4O3. The molecule has 162 valence electrons. The molecule has 1 N–H and O–H groups in total. The maximum Gasteiger partial charge on any atom is 0.258 e. The van der Waals surface area contributed by atoms with Gasteiger partial charge in [-0.1, -0.05) is 6.07 Å². The number of aryl methyl sites for hydroxylation is 1. The molecule has 7 nitrogen and oxygen atoms in total. The molecule has 0 radical (unpaired) electrons. The van der Waals surface area contributed by atoms with Crippen molar-refractivity contribution >= 4 is 45.4 Å². The van der Waals surface area contributed by atoms with E-state index in [4.69, 9.17) is 9.15 Å². The Bertz CT molecular complexity index is 1170. The van der Waals surface area contributed by atoms with Crippen LogP contribution in [0.25, 0.3) is 11.1 Å². The number of amides is 1. The summed E-state index contributed by atoms with van der Waals surface area (Å²) in [6.45, 7) is 6.71. The minimum atomic E-state index is -0.0691. The van der Waals surface area contributed by atoms with Crippen LogP contribution in [0.1, 0.15) is 60.0 Å². The second kappa shape index (κ2) is 7.65. The van der Waals surface area contributed by atoms with Crippen LogP contribution in [0.4, 0.5) is 5.82 Å². The van der Waals surface area contributed by atoms with Crippen LogP contribution in [0.2, 0.25) is 0 Å². The fourth-order valence-corrected chi connectivity index (χ4v) is 4.72. The fraction of sp³-hybridized carbons (Fsp3) is 0.435. The third-order valence-electron chi connectivity index (χ3n) is 6.44. The van der Waals surface area contributed by atoms with Gasteiger partial charge in [0.25, 0.3) is 5.91 Å². The highest BCUT2D eigenvalue weighted by atomic mass is 127. The number of furan rings is 1. The maximum absolute atomic E-state index is 13.8. The lowest BCUT2D eigenvalue weighted by atomic mass is 9.92. The quantitative estimate of drug-likeness (QED) is 0.367. The Morgan fingerprint density at radius 1 is 1.39 bits per heavy atom. The monoisotopic (exact) mass is 532 g/mol. The average Bonchev–Trinajstić information content (AvgIpc) is 3.36. The minimum Gasteiger partial charge on any atom is -0.483 e. The van der Waals surface area contributed by atoms with Gasteiger partial charge in [-0.25, -0.2) is 9.97 Å². The van der Waals surface area contributed by atoms with E-state index in [1.165, 1.54) is 11.9 Å². The van der Waals surface area contributed by atoms with Gasteiger partial charge in [-0.3, -0.25) is 4.79 Å². The smallest absolute Gasteiger partial charge is 0.258 e. The molecule has 1 aliphatic carbocycles. The number of ether oxygens (including phenoxy) is 1. The largest absolute Gasteiger partial charge is 0.483 e. The van der Waals surface area contributed by atoms with Gasteiger partial charge in [0.05, 0.1) is 17.0 Å². The van der Waals surface area contributed by atoms with E-state index in [2.05, 4.69) is 63.9 Å². The lowest BCUT2D eigenvalue weighted by Crippen LogP contribution is -2.39. The summed E-state index contributed by atoms with van der Waals surface area (Å²) in [5, 5.41) is 4.17. The third kappa shape index (κ3) is 3.64. The number of hydrogen-bond donors (Lipinski definition) is 1. The molecule has 0 spiro atoms. The molecule has 2 aliphatic rings. The van der Waals surface area contributed by atoms with Crippen molar-refractivity contribution in [3.8, 4) is 5.75 Å². The number of benzene rings is 1. The molecule has 1 aromatic carbocycles. The van der Waals surface area contributed by atoms with Crippen molar-refractivity contribution in [3.05, 3.63) is 47.0 Å². The molecule has 1 fully saturated rings. The van der Waals surface area contributed by atoms with Gasteiger partial charge in [0, 0.05) is 12.1 Å². The van der Waals surface area contributed by atoms with E-state index in [0.29, 0.717) is 39.4 Å². The van der Waals surface area contributed by atoms with Gasteiger partial charge in [0.2, 0.25) is 5.71 Å². The van der Waals surface area contributed by atoms with Gasteiger partial charge in [0.15, 0.2) is 0 Å². The maximum atomic E-state index is 13.8. The number of anilines is 1. The number of rotatable bonds is 5. The number of alkyl halides is 1. The van der Waals surface area contributed by atoms with Crippen LogP contribution in [0.3, 0.4) is 0 Å². The van der Waals surface area contributed by atoms with Crippen molar-refractivity contribution in [1.82, 2.24) is 14.9 Å². The lowest BCUT2D eigenvalue weighted by molar-refractivity contribution is 0.0677. The van der Waals surface area contributed by atoms with Gasteiger partial charge in [0.1, 0.15) is 28.3 Å². The standard InChI is InChI=1S/C23H25IN4O3/c1-13-17-10-16(30-11-24)5-4-15(17)6-9-28(13)22(29)18-14(2)31-21-19(18)20(25-12-26-21)27-23(3)7-8-23/h4-5,10,12-13H,6-9,11H2,1-3H3,(H,25,26,27). The van der Waals surface area contributed by atoms with Crippen LogP contribution in [0.15, 0.2) is 28.9 Å². The molecule has 1 saturated carbocycles. The number of fused-ring (bicyclic) bond motifs is 2. The first-order valence-electron chi connectivity index (χ1n) is 10.5. The number of nitrogens with zero attached hydrogens (tertiary/aromatic N) is 3. The van der Waals surface area contributed by atoms with Gasteiger partial charge in [-0.15, -0.1) is 0 Å². The average molecular weight is 532 g/mol. The summed E-state index contributed by atoms with van der Waals surface area (Å²) in [6.07, 6.45) is 4.47. The van der Waals surface area contributed by atoms with E-state index < -0.39 is 0 Å². The van der Waals surface area contributed by atoms with Crippen molar-refractivity contribution in [3.63, 3.8) is 0 Å². The summed E-state index contributed by atoms with van der Waals surface area (Å²) in [7, 11) is 0. The molecule has 31 heavy (non-hydrogen) atoms. The van der Waals surface area contributed by atoms with Crippen LogP contribution in [-0.4, -0.2) is 37.5 Å². The zero-order valence-corrected chi connectivity index (χ0v) is 20.0. The zero-order chi connectivity index (χ0) is 21.8. The Labute approximate surface area is 194 Å². The van der Waals surface area contributed by atoms with E-state index in [9.17, 15) is 4.79 Å². The topological polar surface area (TPSA) is 80.5 Å². The molecule has 2 aromatic heterocycles. The predicted molar refractivity (Wildman–Crippen MR) is 127 cm³/mol. The molecule has 1 unspecified atom stereocenters. The Balaban J connectivity index is 1.53. The van der Waals surface area contributed by atoms with E-state index in [1.807, 2.05) is 17.9 Å². The molecule has 1 aliphatic heterocycles. The van der Waals surface area contributed by atoms with Crippen molar-refractivity contribution in [2.45, 2.75) is 51.6 Å². The molecule has 8 heteroatoms. The zero-order valence-electron chi connectivity index (χ0n) is 17.9. The van der Waals surface area contributed by atoms with Gasteiger partial charge < -0.3 is 19.4 Å². The highest BCUT2D eigenvalue weighted by Crippen LogP contribution is 2.41.